The first-order valence-electron chi connectivity index (χ1n) is 8.97. The van der Waals surface area contributed by atoms with Crippen molar-refractivity contribution >= 4 is 11.6 Å². The van der Waals surface area contributed by atoms with E-state index in [-0.39, 0.29) is 23.0 Å². The van der Waals surface area contributed by atoms with E-state index in [0.717, 1.165) is 32.5 Å². The third-order valence-electron chi connectivity index (χ3n) is 4.82. The summed E-state index contributed by atoms with van der Waals surface area (Å²) in [5.41, 5.74) is 1.01. The summed E-state index contributed by atoms with van der Waals surface area (Å²) >= 11 is 0. The van der Waals surface area contributed by atoms with E-state index in [1.54, 1.807) is 6.07 Å². The van der Waals surface area contributed by atoms with Crippen molar-refractivity contribution < 1.29 is 14.5 Å². The van der Waals surface area contributed by atoms with Gasteiger partial charge in [0.05, 0.1) is 12.0 Å². The van der Waals surface area contributed by atoms with Gasteiger partial charge in [0.25, 0.3) is 11.6 Å². The first-order valence-corrected chi connectivity index (χ1v) is 8.97. The minimum atomic E-state index is -0.556. The smallest absolute Gasteiger partial charge is 0.285 e. The Morgan fingerprint density at radius 2 is 1.89 bits per heavy atom. The molecule has 7 nitrogen and oxygen atoms in total. The summed E-state index contributed by atoms with van der Waals surface area (Å²) in [6.07, 6.45) is 1.61. The van der Waals surface area contributed by atoms with Crippen LogP contribution in [0, 0.1) is 10.1 Å². The third kappa shape index (κ3) is 4.62. The number of hydrogen-bond acceptors (Lipinski definition) is 5. The van der Waals surface area contributed by atoms with Crippen LogP contribution in [0.3, 0.4) is 0 Å². The van der Waals surface area contributed by atoms with Gasteiger partial charge < -0.3 is 10.1 Å². The van der Waals surface area contributed by atoms with Crippen molar-refractivity contribution in [2.24, 2.45) is 0 Å². The molecular formula is C20H23N3O4. The minimum absolute atomic E-state index is 0.00552. The zero-order valence-corrected chi connectivity index (χ0v) is 15.3. The summed E-state index contributed by atoms with van der Waals surface area (Å²) in [6.45, 7) is 2.63. The quantitative estimate of drug-likeness (QED) is 0.625. The van der Waals surface area contributed by atoms with Gasteiger partial charge in [0.15, 0.2) is 5.56 Å². The molecule has 27 heavy (non-hydrogen) atoms. The Kier molecular flexibility index (Phi) is 6.03. The van der Waals surface area contributed by atoms with Gasteiger partial charge in [-0.05, 0) is 24.5 Å². The van der Waals surface area contributed by atoms with E-state index in [0.29, 0.717) is 0 Å². The van der Waals surface area contributed by atoms with Crippen LogP contribution in [-0.2, 0) is 6.54 Å². The van der Waals surface area contributed by atoms with Crippen molar-refractivity contribution in [1.29, 1.82) is 0 Å². The maximum absolute atomic E-state index is 12.7. The number of hydrogen-bond donors (Lipinski definition) is 1. The number of amides is 1. The molecular weight excluding hydrogens is 346 g/mol. The number of carbonyl (C=O) groups is 1. The zero-order chi connectivity index (χ0) is 19.2. The van der Waals surface area contributed by atoms with Gasteiger partial charge in [-0.2, -0.15) is 0 Å². The highest BCUT2D eigenvalue weighted by Crippen LogP contribution is 2.28. The number of nitrogens with one attached hydrogen (secondary N) is 1. The molecule has 0 radical (unpaired) electrons. The topological polar surface area (TPSA) is 84.7 Å². The second kappa shape index (κ2) is 8.64. The highest BCUT2D eigenvalue weighted by atomic mass is 16.6. The summed E-state index contributed by atoms with van der Waals surface area (Å²) in [4.78, 5) is 25.7. The SMILES string of the molecule is COc1cccc([N+](=O)[O-])c1C(=O)NC1CCN(Cc2ccccc2)CC1. The molecule has 0 aliphatic carbocycles. The van der Waals surface area contributed by atoms with Gasteiger partial charge in [-0.3, -0.25) is 19.8 Å². The number of methoxy groups -OCH3 is 1. The Balaban J connectivity index is 1.61. The summed E-state index contributed by atoms with van der Waals surface area (Å²) in [6, 6.07) is 14.7. The average molecular weight is 369 g/mol. The lowest BCUT2D eigenvalue weighted by Gasteiger charge is -2.32. The van der Waals surface area contributed by atoms with E-state index in [1.807, 2.05) is 18.2 Å². The van der Waals surface area contributed by atoms with E-state index in [2.05, 4.69) is 22.3 Å². The predicted octanol–water partition coefficient (Wildman–Crippen LogP) is 3.00. The van der Waals surface area contributed by atoms with E-state index in [1.165, 1.54) is 24.8 Å². The van der Waals surface area contributed by atoms with Gasteiger partial charge in [0.1, 0.15) is 5.75 Å². The van der Waals surface area contributed by atoms with Gasteiger partial charge >= 0.3 is 0 Å². The number of ether oxygens (including phenoxy) is 1. The van der Waals surface area contributed by atoms with Gasteiger partial charge in [0.2, 0.25) is 0 Å². The van der Waals surface area contributed by atoms with E-state index >= 15 is 0 Å². The lowest BCUT2D eigenvalue weighted by atomic mass is 10.0. The van der Waals surface area contributed by atoms with Crippen LogP contribution in [0.25, 0.3) is 0 Å². The Labute approximate surface area is 158 Å². The molecule has 0 aromatic heterocycles. The van der Waals surface area contributed by atoms with Crippen LogP contribution in [0.15, 0.2) is 48.5 Å². The lowest BCUT2D eigenvalue weighted by Crippen LogP contribution is -2.44. The van der Waals surface area contributed by atoms with Crippen molar-refractivity contribution in [3.8, 4) is 5.75 Å². The number of carbonyl (C=O) groups excluding carboxylic acids is 1. The normalized spacial score (nSPS) is 15.3. The summed E-state index contributed by atoms with van der Waals surface area (Å²) in [5.74, 6) is -0.246. The largest absolute Gasteiger partial charge is 0.496 e. The molecule has 0 bridgehead atoms. The van der Waals surface area contributed by atoms with E-state index in [4.69, 9.17) is 4.74 Å². The fraction of sp³-hybridized carbons (Fsp3) is 0.350. The van der Waals surface area contributed by atoms with Crippen LogP contribution in [0.1, 0.15) is 28.8 Å². The molecule has 1 aliphatic rings. The average Bonchev–Trinajstić information content (AvgIpc) is 2.69. The second-order valence-corrected chi connectivity index (χ2v) is 6.62. The second-order valence-electron chi connectivity index (χ2n) is 6.62. The Hall–Kier alpha value is -2.93. The maximum Gasteiger partial charge on any atom is 0.285 e. The minimum Gasteiger partial charge on any atom is -0.496 e. The molecule has 1 aliphatic heterocycles. The van der Waals surface area contributed by atoms with Crippen molar-refractivity contribution in [2.45, 2.75) is 25.4 Å². The maximum atomic E-state index is 12.7. The molecule has 1 N–H and O–H groups in total. The first kappa shape index (κ1) is 18.8. The molecule has 0 atom stereocenters. The molecule has 0 unspecified atom stereocenters. The summed E-state index contributed by atoms with van der Waals surface area (Å²) < 4.78 is 5.16. The summed E-state index contributed by atoms with van der Waals surface area (Å²) in [5, 5.41) is 14.2. The standard InChI is InChI=1S/C20H23N3O4/c1-27-18-9-5-8-17(23(25)26)19(18)20(24)21-16-10-12-22(13-11-16)14-15-6-3-2-4-7-15/h2-9,16H,10-14H2,1H3,(H,21,24). The molecule has 1 heterocycles. The van der Waals surface area contributed by atoms with Crippen LogP contribution in [0.2, 0.25) is 0 Å². The molecule has 1 fully saturated rings. The lowest BCUT2D eigenvalue weighted by molar-refractivity contribution is -0.385. The molecule has 2 aromatic rings. The number of nitrogens with zero attached hydrogens (tertiary/aromatic N) is 2. The molecule has 7 heteroatoms. The third-order valence-corrected chi connectivity index (χ3v) is 4.82. The fourth-order valence-corrected chi connectivity index (χ4v) is 3.40. The highest BCUT2D eigenvalue weighted by Gasteiger charge is 2.28. The van der Waals surface area contributed by atoms with E-state index in [9.17, 15) is 14.9 Å². The Morgan fingerprint density at radius 3 is 2.52 bits per heavy atom. The first-order chi connectivity index (χ1) is 13.1. The Morgan fingerprint density at radius 1 is 1.19 bits per heavy atom. The number of nitro benzene ring substituents is 1. The zero-order valence-electron chi connectivity index (χ0n) is 15.3. The van der Waals surface area contributed by atoms with Crippen molar-refractivity contribution in [1.82, 2.24) is 10.2 Å². The fourth-order valence-electron chi connectivity index (χ4n) is 3.40. The predicted molar refractivity (Wildman–Crippen MR) is 102 cm³/mol. The number of benzene rings is 2. The molecule has 2 aromatic carbocycles. The molecule has 0 saturated carbocycles. The number of piperidine rings is 1. The van der Waals surface area contributed by atoms with Crippen LogP contribution in [0.4, 0.5) is 5.69 Å². The van der Waals surface area contributed by atoms with Crippen LogP contribution >= 0.6 is 0 Å². The number of rotatable bonds is 6. The summed E-state index contributed by atoms with van der Waals surface area (Å²) in [7, 11) is 1.40. The van der Waals surface area contributed by atoms with E-state index < -0.39 is 10.8 Å². The Bertz CT molecular complexity index is 802. The van der Waals surface area contributed by atoms with Crippen LogP contribution in [-0.4, -0.2) is 42.0 Å². The monoisotopic (exact) mass is 369 g/mol. The molecule has 1 amide bonds. The molecule has 0 spiro atoms. The van der Waals surface area contributed by atoms with Crippen molar-refractivity contribution in [3.05, 3.63) is 69.8 Å². The molecule has 1 saturated heterocycles. The molecule has 3 rings (SSSR count). The van der Waals surface area contributed by atoms with Crippen molar-refractivity contribution in [3.63, 3.8) is 0 Å². The number of nitro groups is 1. The van der Waals surface area contributed by atoms with Crippen molar-refractivity contribution in [2.75, 3.05) is 20.2 Å². The van der Waals surface area contributed by atoms with Gasteiger partial charge in [0, 0.05) is 31.7 Å². The highest BCUT2D eigenvalue weighted by molar-refractivity contribution is 6.01. The van der Waals surface area contributed by atoms with Gasteiger partial charge in [-0.1, -0.05) is 36.4 Å². The molecule has 142 valence electrons. The van der Waals surface area contributed by atoms with Crippen LogP contribution < -0.4 is 10.1 Å². The van der Waals surface area contributed by atoms with Gasteiger partial charge in [-0.15, -0.1) is 0 Å². The van der Waals surface area contributed by atoms with Crippen LogP contribution in [0.5, 0.6) is 5.75 Å². The van der Waals surface area contributed by atoms with Gasteiger partial charge in [-0.25, -0.2) is 0 Å². The number of likely N-dealkylation sites (tertiary alicyclic amines) is 1.